The zero-order valence-electron chi connectivity index (χ0n) is 15.7. The van der Waals surface area contributed by atoms with Gasteiger partial charge in [-0.3, -0.25) is 18.9 Å². The zero-order valence-corrected chi connectivity index (χ0v) is 15.7. The Morgan fingerprint density at radius 2 is 2.10 bits per heavy atom. The molecule has 0 atom stereocenters. The number of aryl methyl sites for hydroxylation is 1. The summed E-state index contributed by atoms with van der Waals surface area (Å²) in [4.78, 5) is 21.4. The highest BCUT2D eigenvalue weighted by Gasteiger charge is 2.23. The Hall–Kier alpha value is -3.94. The number of aliphatic imine (C=N–C) groups is 1. The monoisotopic (exact) mass is 389 g/mol. The third-order valence-electron chi connectivity index (χ3n) is 5.14. The molecule has 3 heterocycles. The zero-order chi connectivity index (χ0) is 20.3. The number of imidazole rings is 1. The molecule has 2 N–H and O–H groups in total. The summed E-state index contributed by atoms with van der Waals surface area (Å²) in [7, 11) is 3.25. The van der Waals surface area contributed by atoms with Crippen LogP contribution in [0.1, 0.15) is 5.56 Å². The maximum atomic E-state index is 15.2. The molecule has 0 radical (unpaired) electrons. The number of fused-ring (bicyclic) bond motifs is 2. The third kappa shape index (κ3) is 2.19. The Bertz CT molecular complexity index is 1570. The van der Waals surface area contributed by atoms with E-state index in [4.69, 9.17) is 10.2 Å². The number of hydrogen-bond donors (Lipinski definition) is 1. The number of hydrogen-bond acceptors (Lipinski definition) is 5. The fraction of sp³-hybridized carbons (Fsp3) is 0.0952. The lowest BCUT2D eigenvalue weighted by Gasteiger charge is -2.08. The molecule has 0 aliphatic heterocycles. The first kappa shape index (κ1) is 17.2. The van der Waals surface area contributed by atoms with Gasteiger partial charge < -0.3 is 10.2 Å². The predicted octanol–water partition coefficient (Wildman–Crippen LogP) is 3.22. The second-order valence-corrected chi connectivity index (χ2v) is 6.70. The number of nitrogens with zero attached hydrogens (tertiary/aromatic N) is 4. The summed E-state index contributed by atoms with van der Waals surface area (Å²) in [6.07, 6.45) is 4.31. The first-order chi connectivity index (χ1) is 14.1. The van der Waals surface area contributed by atoms with E-state index in [1.54, 1.807) is 42.9 Å². The number of allylic oxidation sites excluding steroid dienone is 1. The van der Waals surface area contributed by atoms with Gasteiger partial charge in [0, 0.05) is 38.1 Å². The van der Waals surface area contributed by atoms with Crippen LogP contribution in [0.4, 0.5) is 4.39 Å². The van der Waals surface area contributed by atoms with Crippen molar-refractivity contribution < 1.29 is 8.81 Å². The number of halogens is 1. The van der Waals surface area contributed by atoms with E-state index in [-0.39, 0.29) is 16.8 Å². The highest BCUT2D eigenvalue weighted by Crippen LogP contribution is 2.36. The van der Waals surface area contributed by atoms with E-state index in [9.17, 15) is 4.79 Å². The van der Waals surface area contributed by atoms with Crippen molar-refractivity contribution >= 4 is 50.4 Å². The molecule has 0 bridgehead atoms. The summed E-state index contributed by atoms with van der Waals surface area (Å²) >= 11 is 0. The van der Waals surface area contributed by atoms with E-state index in [1.807, 2.05) is 6.07 Å². The van der Waals surface area contributed by atoms with Crippen molar-refractivity contribution in [3.63, 3.8) is 0 Å². The molecule has 7 nitrogen and oxygen atoms in total. The van der Waals surface area contributed by atoms with Crippen LogP contribution in [0.3, 0.4) is 0 Å². The highest BCUT2D eigenvalue weighted by molar-refractivity contribution is 6.19. The van der Waals surface area contributed by atoms with Gasteiger partial charge in [-0.25, -0.2) is 9.18 Å². The summed E-state index contributed by atoms with van der Waals surface area (Å²) in [5.74, 6) is -0.542. The molecule has 0 fully saturated rings. The van der Waals surface area contributed by atoms with E-state index in [0.29, 0.717) is 38.6 Å². The van der Waals surface area contributed by atoms with Crippen LogP contribution in [0.2, 0.25) is 0 Å². The Morgan fingerprint density at radius 1 is 1.31 bits per heavy atom. The molecular weight excluding hydrogens is 373 g/mol. The molecule has 0 unspecified atom stereocenters. The lowest BCUT2D eigenvalue weighted by molar-refractivity contribution is 0.613. The third-order valence-corrected chi connectivity index (χ3v) is 5.14. The number of pyridine rings is 1. The van der Waals surface area contributed by atoms with Crippen LogP contribution in [0, 0.1) is 5.82 Å². The van der Waals surface area contributed by atoms with Crippen LogP contribution in [0.5, 0.6) is 0 Å². The van der Waals surface area contributed by atoms with Gasteiger partial charge in [-0.2, -0.15) is 0 Å². The van der Waals surface area contributed by atoms with Crippen molar-refractivity contribution in [1.29, 1.82) is 0 Å². The van der Waals surface area contributed by atoms with Crippen molar-refractivity contribution in [2.45, 2.75) is 0 Å². The Balaban J connectivity index is 2.23. The van der Waals surface area contributed by atoms with Crippen LogP contribution in [-0.2, 0) is 7.05 Å². The van der Waals surface area contributed by atoms with Crippen LogP contribution < -0.4 is 11.4 Å². The molecule has 8 heteroatoms. The van der Waals surface area contributed by atoms with Gasteiger partial charge >= 0.3 is 5.69 Å². The minimum atomic E-state index is -0.542. The van der Waals surface area contributed by atoms with Crippen molar-refractivity contribution in [2.24, 2.45) is 17.8 Å². The van der Waals surface area contributed by atoms with Gasteiger partial charge in [0.1, 0.15) is 11.4 Å². The number of para-hydroxylation sites is 2. The largest absolute Gasteiger partial charge is 0.454 e. The summed E-state index contributed by atoms with van der Waals surface area (Å²) in [6, 6.07) is 8.46. The Labute approximate surface area is 163 Å². The highest BCUT2D eigenvalue weighted by atomic mass is 19.1. The minimum Gasteiger partial charge on any atom is -0.454 e. The van der Waals surface area contributed by atoms with Crippen LogP contribution in [0.15, 0.2) is 56.9 Å². The molecule has 5 aromatic rings. The molecule has 0 aliphatic rings. The number of aromatic nitrogens is 3. The molecule has 144 valence electrons. The molecule has 0 saturated carbocycles. The van der Waals surface area contributed by atoms with E-state index < -0.39 is 5.82 Å². The lowest BCUT2D eigenvalue weighted by atomic mass is 10.0. The molecule has 29 heavy (non-hydrogen) atoms. The van der Waals surface area contributed by atoms with Gasteiger partial charge in [-0.1, -0.05) is 12.1 Å². The average Bonchev–Trinajstić information content (AvgIpc) is 2.88. The van der Waals surface area contributed by atoms with Crippen molar-refractivity contribution in [3.8, 4) is 0 Å². The van der Waals surface area contributed by atoms with Crippen LogP contribution in [-0.4, -0.2) is 27.2 Å². The van der Waals surface area contributed by atoms with E-state index in [0.717, 1.165) is 0 Å². The standard InChI is InChI=1S/C21H16FN5O2/c1-24-9-11(8-23)17-12(22)7-13-18-19-15(10-25-13)26(2)21(28)27(19)14-5-3-4-6-16(14)29-20(17)18/h3-10H,23H2,1-2H3. The first-order valence-corrected chi connectivity index (χ1v) is 8.91. The average molecular weight is 389 g/mol. The fourth-order valence-electron chi connectivity index (χ4n) is 3.85. The second kappa shape index (κ2) is 6.03. The van der Waals surface area contributed by atoms with Gasteiger partial charge in [0.15, 0.2) is 5.58 Å². The molecule has 0 spiro atoms. The molecule has 0 amide bonds. The Kier molecular flexibility index (Phi) is 3.57. The normalized spacial score (nSPS) is 13.0. The number of rotatable bonds is 2. The van der Waals surface area contributed by atoms with Crippen molar-refractivity contribution in [1.82, 2.24) is 14.0 Å². The Morgan fingerprint density at radius 3 is 2.86 bits per heavy atom. The van der Waals surface area contributed by atoms with Gasteiger partial charge in [0.05, 0.1) is 39.2 Å². The maximum absolute atomic E-state index is 15.2. The summed E-state index contributed by atoms with van der Waals surface area (Å²) in [6.45, 7) is 0. The molecule has 0 aliphatic carbocycles. The molecule has 2 aromatic carbocycles. The summed E-state index contributed by atoms with van der Waals surface area (Å²) in [5.41, 5.74) is 8.90. The van der Waals surface area contributed by atoms with E-state index in [1.165, 1.54) is 23.0 Å². The summed E-state index contributed by atoms with van der Waals surface area (Å²) in [5, 5.41) is 0.539. The maximum Gasteiger partial charge on any atom is 0.333 e. The van der Waals surface area contributed by atoms with Gasteiger partial charge in [-0.05, 0) is 12.1 Å². The van der Waals surface area contributed by atoms with E-state index in [2.05, 4.69) is 9.98 Å². The SMILES string of the molecule is CN=CC(=CN)c1c(F)cc2ncc3c4c2c1oc1ccccc1n4c(=O)n3C. The fourth-order valence-corrected chi connectivity index (χ4v) is 3.85. The molecule has 3 aromatic heterocycles. The van der Waals surface area contributed by atoms with Crippen LogP contribution >= 0.6 is 0 Å². The number of benzene rings is 2. The summed E-state index contributed by atoms with van der Waals surface area (Å²) < 4.78 is 24.5. The second-order valence-electron chi connectivity index (χ2n) is 6.70. The van der Waals surface area contributed by atoms with E-state index >= 15 is 4.39 Å². The molecule has 5 rings (SSSR count). The quantitative estimate of drug-likeness (QED) is 0.469. The van der Waals surface area contributed by atoms with Gasteiger partial charge in [0.2, 0.25) is 0 Å². The molecule has 0 saturated heterocycles. The van der Waals surface area contributed by atoms with Crippen LogP contribution in [0.25, 0.3) is 44.2 Å². The van der Waals surface area contributed by atoms with Crippen molar-refractivity contribution in [3.05, 3.63) is 64.6 Å². The predicted molar refractivity (Wildman–Crippen MR) is 112 cm³/mol. The number of nitrogens with two attached hydrogens (primary N) is 1. The van der Waals surface area contributed by atoms with Gasteiger partial charge in [0.25, 0.3) is 0 Å². The molecular formula is C21H16FN5O2. The van der Waals surface area contributed by atoms with Crippen molar-refractivity contribution in [2.75, 3.05) is 7.05 Å². The first-order valence-electron chi connectivity index (χ1n) is 8.91. The smallest absolute Gasteiger partial charge is 0.333 e. The van der Waals surface area contributed by atoms with Gasteiger partial charge in [-0.15, -0.1) is 0 Å². The topological polar surface area (TPSA) is 90.8 Å². The lowest BCUT2D eigenvalue weighted by Crippen LogP contribution is -2.17. The minimum absolute atomic E-state index is 0.166.